The van der Waals surface area contributed by atoms with E-state index in [1.807, 2.05) is 17.9 Å². The molecule has 1 amide bonds. The SMILES string of the molecule is CCNC(=NCc1ccc(S(C)(=O)=O)c(C)c1)NCC(=O)N1CCc2sccc2C1. The predicted molar refractivity (Wildman–Crippen MR) is 121 cm³/mol. The Morgan fingerprint density at radius 2 is 2.07 bits per heavy atom. The van der Waals surface area contributed by atoms with Gasteiger partial charge in [-0.05, 0) is 54.5 Å². The van der Waals surface area contributed by atoms with E-state index in [1.54, 1.807) is 30.4 Å². The van der Waals surface area contributed by atoms with Gasteiger partial charge in [-0.25, -0.2) is 13.4 Å². The number of carbonyl (C=O) groups is 1. The summed E-state index contributed by atoms with van der Waals surface area (Å²) in [5.74, 6) is 0.606. The van der Waals surface area contributed by atoms with Gasteiger partial charge in [0.2, 0.25) is 5.91 Å². The normalized spacial score (nSPS) is 14.4. The van der Waals surface area contributed by atoms with Crippen LogP contribution in [0.3, 0.4) is 0 Å². The number of thiophene rings is 1. The molecular formula is C21H28N4O3S2. The molecule has 1 aliphatic heterocycles. The maximum Gasteiger partial charge on any atom is 0.242 e. The number of nitrogens with zero attached hydrogens (tertiary/aromatic N) is 2. The lowest BCUT2D eigenvalue weighted by atomic mass is 10.1. The fourth-order valence-electron chi connectivity index (χ4n) is 3.47. The molecule has 7 nitrogen and oxygen atoms in total. The van der Waals surface area contributed by atoms with Crippen LogP contribution in [0.25, 0.3) is 0 Å². The lowest BCUT2D eigenvalue weighted by molar-refractivity contribution is -0.130. The summed E-state index contributed by atoms with van der Waals surface area (Å²) in [6.07, 6.45) is 2.12. The fourth-order valence-corrected chi connectivity index (χ4v) is 5.32. The summed E-state index contributed by atoms with van der Waals surface area (Å²) >= 11 is 1.76. The smallest absolute Gasteiger partial charge is 0.242 e. The summed E-state index contributed by atoms with van der Waals surface area (Å²) in [6.45, 7) is 6.39. The van der Waals surface area contributed by atoms with Crippen molar-refractivity contribution in [3.05, 3.63) is 51.2 Å². The van der Waals surface area contributed by atoms with Gasteiger partial charge < -0.3 is 15.5 Å². The van der Waals surface area contributed by atoms with Crippen LogP contribution in [0.4, 0.5) is 0 Å². The molecule has 162 valence electrons. The minimum Gasteiger partial charge on any atom is -0.357 e. The van der Waals surface area contributed by atoms with Crippen LogP contribution in [-0.4, -0.2) is 51.1 Å². The Balaban J connectivity index is 1.59. The van der Waals surface area contributed by atoms with E-state index in [-0.39, 0.29) is 12.5 Å². The fraction of sp³-hybridized carbons (Fsp3) is 0.429. The van der Waals surface area contributed by atoms with Gasteiger partial charge in [0.15, 0.2) is 15.8 Å². The first-order valence-corrected chi connectivity index (χ1v) is 12.7. The van der Waals surface area contributed by atoms with Gasteiger partial charge in [-0.1, -0.05) is 12.1 Å². The van der Waals surface area contributed by atoms with Gasteiger partial charge in [0.25, 0.3) is 0 Å². The van der Waals surface area contributed by atoms with Crippen LogP contribution >= 0.6 is 11.3 Å². The van der Waals surface area contributed by atoms with Crippen molar-refractivity contribution >= 4 is 33.0 Å². The Labute approximate surface area is 182 Å². The second kappa shape index (κ2) is 9.61. The van der Waals surface area contributed by atoms with E-state index in [1.165, 1.54) is 16.7 Å². The number of guanidine groups is 1. The number of hydrogen-bond donors (Lipinski definition) is 2. The Bertz CT molecular complexity index is 1040. The lowest BCUT2D eigenvalue weighted by Crippen LogP contribution is -2.45. The molecule has 0 saturated heterocycles. The van der Waals surface area contributed by atoms with Gasteiger partial charge in [0.05, 0.1) is 18.0 Å². The molecule has 2 heterocycles. The largest absolute Gasteiger partial charge is 0.357 e. The molecule has 30 heavy (non-hydrogen) atoms. The first-order valence-electron chi connectivity index (χ1n) is 9.92. The standard InChI is InChI=1S/C21H28N4O3S2/c1-4-22-21(23-12-16-5-6-19(15(2)11-16)30(3,27)28)24-13-20(26)25-9-7-18-17(14-25)8-10-29-18/h5-6,8,10-11H,4,7,9,12-14H2,1-3H3,(H2,22,23,24). The van der Waals surface area contributed by atoms with Crippen LogP contribution in [0, 0.1) is 6.92 Å². The minimum absolute atomic E-state index is 0.0470. The van der Waals surface area contributed by atoms with E-state index < -0.39 is 9.84 Å². The van der Waals surface area contributed by atoms with Crippen LogP contribution in [-0.2, 0) is 34.1 Å². The zero-order chi connectivity index (χ0) is 21.7. The second-order valence-corrected chi connectivity index (χ2v) is 10.3. The van der Waals surface area contributed by atoms with Crippen molar-refractivity contribution in [2.45, 2.75) is 38.3 Å². The van der Waals surface area contributed by atoms with E-state index in [0.717, 1.165) is 18.5 Å². The topological polar surface area (TPSA) is 90.9 Å². The number of rotatable bonds is 6. The summed E-state index contributed by atoms with van der Waals surface area (Å²) in [5, 5.41) is 8.34. The molecule has 2 aromatic rings. The quantitative estimate of drug-likeness (QED) is 0.522. The molecule has 2 N–H and O–H groups in total. The van der Waals surface area contributed by atoms with E-state index in [9.17, 15) is 13.2 Å². The van der Waals surface area contributed by atoms with E-state index in [2.05, 4.69) is 27.1 Å². The number of benzene rings is 1. The van der Waals surface area contributed by atoms with Crippen molar-refractivity contribution in [1.82, 2.24) is 15.5 Å². The monoisotopic (exact) mass is 448 g/mol. The predicted octanol–water partition coefficient (Wildman–Crippen LogP) is 2.10. The highest BCUT2D eigenvalue weighted by Crippen LogP contribution is 2.23. The molecule has 3 rings (SSSR count). The third kappa shape index (κ3) is 5.60. The molecule has 0 radical (unpaired) electrons. The van der Waals surface area contributed by atoms with Crippen LogP contribution in [0.5, 0.6) is 0 Å². The molecule has 1 aromatic heterocycles. The van der Waals surface area contributed by atoms with E-state index >= 15 is 0 Å². The van der Waals surface area contributed by atoms with Gasteiger partial charge in [0.1, 0.15) is 0 Å². The summed E-state index contributed by atoms with van der Waals surface area (Å²) < 4.78 is 23.5. The van der Waals surface area contributed by atoms with Crippen molar-refractivity contribution in [3.8, 4) is 0 Å². The number of amides is 1. The average molecular weight is 449 g/mol. The zero-order valence-corrected chi connectivity index (χ0v) is 19.2. The zero-order valence-electron chi connectivity index (χ0n) is 17.6. The second-order valence-electron chi connectivity index (χ2n) is 7.36. The molecule has 0 spiro atoms. The lowest BCUT2D eigenvalue weighted by Gasteiger charge is -2.27. The molecular weight excluding hydrogens is 420 g/mol. The molecule has 0 aliphatic carbocycles. The maximum atomic E-state index is 12.6. The van der Waals surface area contributed by atoms with E-state index in [4.69, 9.17) is 0 Å². The van der Waals surface area contributed by atoms with Crippen LogP contribution in [0.2, 0.25) is 0 Å². The Kier molecular flexibility index (Phi) is 7.14. The first kappa shape index (κ1) is 22.3. The average Bonchev–Trinajstić information content (AvgIpc) is 3.16. The molecule has 0 bridgehead atoms. The Morgan fingerprint density at radius 3 is 2.77 bits per heavy atom. The van der Waals surface area contributed by atoms with Gasteiger partial charge in [-0.2, -0.15) is 0 Å². The Morgan fingerprint density at radius 1 is 1.27 bits per heavy atom. The van der Waals surface area contributed by atoms with Crippen LogP contribution < -0.4 is 10.6 Å². The summed E-state index contributed by atoms with van der Waals surface area (Å²) in [4.78, 5) is 20.7. The summed E-state index contributed by atoms with van der Waals surface area (Å²) in [5.41, 5.74) is 2.86. The van der Waals surface area contributed by atoms with Crippen LogP contribution in [0.15, 0.2) is 39.5 Å². The van der Waals surface area contributed by atoms with Crippen LogP contribution in [0.1, 0.15) is 28.5 Å². The third-order valence-corrected chi connectivity index (χ3v) is 7.25. The van der Waals surface area contributed by atoms with Gasteiger partial charge in [-0.3, -0.25) is 4.79 Å². The number of carbonyl (C=O) groups excluding carboxylic acids is 1. The minimum atomic E-state index is -3.24. The number of nitrogens with one attached hydrogen (secondary N) is 2. The molecule has 0 fully saturated rings. The number of aliphatic imine (C=N–C) groups is 1. The van der Waals surface area contributed by atoms with Crippen molar-refractivity contribution < 1.29 is 13.2 Å². The highest BCUT2D eigenvalue weighted by Gasteiger charge is 2.21. The van der Waals surface area contributed by atoms with Gasteiger partial charge >= 0.3 is 0 Å². The van der Waals surface area contributed by atoms with Crippen molar-refractivity contribution in [3.63, 3.8) is 0 Å². The molecule has 0 unspecified atom stereocenters. The van der Waals surface area contributed by atoms with E-state index in [0.29, 0.717) is 36.1 Å². The van der Waals surface area contributed by atoms with Gasteiger partial charge in [-0.15, -0.1) is 11.3 Å². The third-order valence-electron chi connectivity index (χ3n) is 4.97. The summed E-state index contributed by atoms with van der Waals surface area (Å²) in [7, 11) is -3.24. The molecule has 0 atom stereocenters. The summed E-state index contributed by atoms with van der Waals surface area (Å²) in [6, 6.07) is 7.32. The van der Waals surface area contributed by atoms with Crippen molar-refractivity contribution in [2.75, 3.05) is 25.9 Å². The maximum absolute atomic E-state index is 12.6. The number of hydrogen-bond acceptors (Lipinski definition) is 5. The first-order chi connectivity index (χ1) is 14.3. The van der Waals surface area contributed by atoms with Crippen molar-refractivity contribution in [2.24, 2.45) is 4.99 Å². The molecule has 0 saturated carbocycles. The van der Waals surface area contributed by atoms with Gasteiger partial charge in [0, 0.05) is 30.8 Å². The highest BCUT2D eigenvalue weighted by atomic mass is 32.2. The highest BCUT2D eigenvalue weighted by molar-refractivity contribution is 7.90. The molecule has 1 aliphatic rings. The number of fused-ring (bicyclic) bond motifs is 1. The Hall–Kier alpha value is -2.39. The molecule has 1 aromatic carbocycles. The number of sulfone groups is 1. The number of aryl methyl sites for hydroxylation is 1. The van der Waals surface area contributed by atoms with Crippen molar-refractivity contribution in [1.29, 1.82) is 0 Å². The molecule has 9 heteroatoms.